The molecule has 0 amide bonds. The van der Waals surface area contributed by atoms with Crippen molar-refractivity contribution in [3.63, 3.8) is 0 Å². The zero-order chi connectivity index (χ0) is 17.0. The van der Waals surface area contributed by atoms with Crippen LogP contribution < -0.4 is 0 Å². The molecule has 1 atom stereocenters. The van der Waals surface area contributed by atoms with Crippen LogP contribution in [0.15, 0.2) is 65.8 Å². The summed E-state index contributed by atoms with van der Waals surface area (Å²) in [5.41, 5.74) is 2.60. The fourth-order valence-electron chi connectivity index (χ4n) is 3.21. The van der Waals surface area contributed by atoms with Gasteiger partial charge in [0.1, 0.15) is 0 Å². The first-order chi connectivity index (χ1) is 12.3. The molecule has 130 valence electrons. The van der Waals surface area contributed by atoms with Gasteiger partial charge in [-0.15, -0.1) is 0 Å². The van der Waals surface area contributed by atoms with Gasteiger partial charge < -0.3 is 9.47 Å². The van der Waals surface area contributed by atoms with Crippen molar-refractivity contribution in [3.05, 3.63) is 71.8 Å². The normalized spacial score (nSPS) is 22.2. The molecule has 0 aromatic heterocycles. The van der Waals surface area contributed by atoms with Crippen molar-refractivity contribution in [1.82, 2.24) is 5.01 Å². The number of nitrogens with zero attached hydrogens (tertiary/aromatic N) is 2. The molecule has 2 aromatic rings. The van der Waals surface area contributed by atoms with Crippen LogP contribution in [0.5, 0.6) is 0 Å². The van der Waals surface area contributed by atoms with Gasteiger partial charge in [0, 0.05) is 6.42 Å². The first-order valence-corrected chi connectivity index (χ1v) is 9.03. The third kappa shape index (κ3) is 4.09. The number of ether oxygens (including phenoxy) is 2. The average Bonchev–Trinajstić information content (AvgIpc) is 3.47. The maximum atomic E-state index is 6.01. The van der Waals surface area contributed by atoms with Crippen LogP contribution >= 0.6 is 0 Å². The van der Waals surface area contributed by atoms with E-state index in [-0.39, 0.29) is 0 Å². The van der Waals surface area contributed by atoms with Gasteiger partial charge in [-0.05, 0) is 24.0 Å². The number of hydrogen-bond acceptors (Lipinski definition) is 4. The molecule has 0 saturated carbocycles. The molecule has 2 heterocycles. The average molecular weight is 336 g/mol. The predicted octanol–water partition coefficient (Wildman–Crippen LogP) is 3.80. The van der Waals surface area contributed by atoms with E-state index in [2.05, 4.69) is 58.6 Å². The predicted molar refractivity (Wildman–Crippen MR) is 98.4 cm³/mol. The molecule has 4 rings (SSSR count). The molecule has 25 heavy (non-hydrogen) atoms. The van der Waals surface area contributed by atoms with Gasteiger partial charge in [-0.25, -0.2) is 0 Å². The first kappa shape index (κ1) is 16.3. The van der Waals surface area contributed by atoms with Crippen molar-refractivity contribution in [2.75, 3.05) is 19.8 Å². The van der Waals surface area contributed by atoms with Gasteiger partial charge in [0.2, 0.25) is 5.79 Å². The highest BCUT2D eigenvalue weighted by atomic mass is 16.7. The highest BCUT2D eigenvalue weighted by Gasteiger charge is 2.37. The van der Waals surface area contributed by atoms with Crippen molar-refractivity contribution in [3.8, 4) is 0 Å². The Balaban J connectivity index is 1.41. The van der Waals surface area contributed by atoms with E-state index in [0.29, 0.717) is 6.04 Å². The van der Waals surface area contributed by atoms with E-state index in [9.17, 15) is 0 Å². The van der Waals surface area contributed by atoms with Crippen molar-refractivity contribution >= 4 is 6.21 Å². The molecule has 4 nitrogen and oxygen atoms in total. The Hall–Kier alpha value is -2.17. The molecule has 0 aliphatic carbocycles. The lowest BCUT2D eigenvalue weighted by Crippen LogP contribution is -2.43. The number of benzene rings is 2. The summed E-state index contributed by atoms with van der Waals surface area (Å²) in [5, 5.41) is 6.74. The highest BCUT2D eigenvalue weighted by Crippen LogP contribution is 2.35. The molecular formula is C21H24N2O2. The Morgan fingerprint density at radius 1 is 1.00 bits per heavy atom. The second-order valence-electron chi connectivity index (χ2n) is 6.64. The van der Waals surface area contributed by atoms with Crippen molar-refractivity contribution in [2.45, 2.75) is 31.1 Å². The second-order valence-corrected chi connectivity index (χ2v) is 6.64. The highest BCUT2D eigenvalue weighted by molar-refractivity contribution is 5.67. The topological polar surface area (TPSA) is 33.8 Å². The van der Waals surface area contributed by atoms with E-state index in [4.69, 9.17) is 9.47 Å². The maximum Gasteiger partial charge on any atom is 0.207 e. The van der Waals surface area contributed by atoms with Crippen LogP contribution in [-0.2, 0) is 15.9 Å². The van der Waals surface area contributed by atoms with Crippen LogP contribution in [-0.4, -0.2) is 36.8 Å². The molecule has 0 bridgehead atoms. The molecule has 2 aromatic carbocycles. The summed E-state index contributed by atoms with van der Waals surface area (Å²) >= 11 is 0. The smallest absolute Gasteiger partial charge is 0.207 e. The van der Waals surface area contributed by atoms with Crippen LogP contribution in [0.25, 0.3) is 0 Å². The SMILES string of the molecule is C(=N\N1CC1c1ccccc1)/C1(CCc2ccccc2)OCCCO1. The molecule has 1 unspecified atom stereocenters. The molecule has 4 heteroatoms. The van der Waals surface area contributed by atoms with Crippen LogP contribution in [0.2, 0.25) is 0 Å². The van der Waals surface area contributed by atoms with Crippen molar-refractivity contribution < 1.29 is 9.47 Å². The summed E-state index contributed by atoms with van der Waals surface area (Å²) < 4.78 is 12.0. The number of hydrazone groups is 1. The van der Waals surface area contributed by atoms with Gasteiger partial charge in [-0.2, -0.15) is 5.10 Å². The standard InChI is InChI=1S/C21H24N2O2/c1-3-8-18(9-4-1)12-13-21(24-14-7-15-25-21)17-22-23-16-20(23)19-10-5-2-6-11-19/h1-6,8-11,17,20H,7,12-16H2/b22-17+. The zero-order valence-corrected chi connectivity index (χ0v) is 14.4. The van der Waals surface area contributed by atoms with Crippen LogP contribution in [0.4, 0.5) is 0 Å². The maximum absolute atomic E-state index is 6.01. The fraction of sp³-hybridized carbons (Fsp3) is 0.381. The lowest BCUT2D eigenvalue weighted by Gasteiger charge is -2.34. The number of hydrogen-bond donors (Lipinski definition) is 0. The minimum Gasteiger partial charge on any atom is -0.345 e. The number of rotatable bonds is 6. The lowest BCUT2D eigenvalue weighted by atomic mass is 10.0. The van der Waals surface area contributed by atoms with Gasteiger partial charge in [-0.3, -0.25) is 5.01 Å². The zero-order valence-electron chi connectivity index (χ0n) is 14.4. The largest absolute Gasteiger partial charge is 0.345 e. The molecule has 2 aliphatic heterocycles. The van der Waals surface area contributed by atoms with E-state index in [1.54, 1.807) is 0 Å². The third-order valence-electron chi connectivity index (χ3n) is 4.76. The van der Waals surface area contributed by atoms with Crippen LogP contribution in [0, 0.1) is 0 Å². The van der Waals surface area contributed by atoms with Gasteiger partial charge in [0.25, 0.3) is 0 Å². The minimum atomic E-state index is -0.697. The van der Waals surface area contributed by atoms with Crippen LogP contribution in [0.1, 0.15) is 30.0 Å². The second kappa shape index (κ2) is 7.38. The van der Waals surface area contributed by atoms with Crippen LogP contribution in [0.3, 0.4) is 0 Å². The van der Waals surface area contributed by atoms with E-state index < -0.39 is 5.79 Å². The van der Waals surface area contributed by atoms with Crippen molar-refractivity contribution in [1.29, 1.82) is 0 Å². The first-order valence-electron chi connectivity index (χ1n) is 9.03. The monoisotopic (exact) mass is 336 g/mol. The molecule has 2 fully saturated rings. The van der Waals surface area contributed by atoms with Crippen molar-refractivity contribution in [2.24, 2.45) is 5.10 Å². The minimum absolute atomic E-state index is 0.382. The summed E-state index contributed by atoms with van der Waals surface area (Å²) in [5.74, 6) is -0.697. The fourth-order valence-corrected chi connectivity index (χ4v) is 3.21. The Bertz CT molecular complexity index is 696. The summed E-state index contributed by atoms with van der Waals surface area (Å²) in [6, 6.07) is 21.3. The summed E-state index contributed by atoms with van der Waals surface area (Å²) in [7, 11) is 0. The quantitative estimate of drug-likeness (QED) is 0.594. The molecule has 2 saturated heterocycles. The van der Waals surface area contributed by atoms with Gasteiger partial charge in [-0.1, -0.05) is 60.7 Å². The lowest BCUT2D eigenvalue weighted by molar-refractivity contribution is -0.222. The van der Waals surface area contributed by atoms with E-state index >= 15 is 0 Å². The Morgan fingerprint density at radius 3 is 2.40 bits per heavy atom. The Labute approximate surface area is 149 Å². The van der Waals surface area contributed by atoms with Gasteiger partial charge >= 0.3 is 0 Å². The molecular weight excluding hydrogens is 312 g/mol. The molecule has 0 spiro atoms. The van der Waals surface area contributed by atoms with Gasteiger partial charge in [0.05, 0.1) is 32.0 Å². The molecule has 0 radical (unpaired) electrons. The molecule has 2 aliphatic rings. The van der Waals surface area contributed by atoms with E-state index in [1.165, 1.54) is 11.1 Å². The Morgan fingerprint density at radius 2 is 1.68 bits per heavy atom. The van der Waals surface area contributed by atoms with E-state index in [0.717, 1.165) is 39.0 Å². The summed E-state index contributed by atoms with van der Waals surface area (Å²) in [6.45, 7) is 2.40. The molecule has 0 N–H and O–H groups in total. The Kier molecular flexibility index (Phi) is 4.81. The third-order valence-corrected chi connectivity index (χ3v) is 4.76. The van der Waals surface area contributed by atoms with E-state index in [1.807, 2.05) is 18.3 Å². The summed E-state index contributed by atoms with van der Waals surface area (Å²) in [6.07, 6.45) is 4.51. The number of aryl methyl sites for hydroxylation is 1. The van der Waals surface area contributed by atoms with Gasteiger partial charge in [0.15, 0.2) is 0 Å². The summed E-state index contributed by atoms with van der Waals surface area (Å²) in [4.78, 5) is 0.